The summed E-state index contributed by atoms with van der Waals surface area (Å²) in [6.07, 6.45) is 16.0. The first-order chi connectivity index (χ1) is 16.5. The molecule has 8 heteroatoms. The molecule has 2 unspecified atom stereocenters. The predicted molar refractivity (Wildman–Crippen MR) is 162 cm³/mol. The van der Waals surface area contributed by atoms with Crippen LogP contribution in [0.15, 0.2) is 0 Å². The predicted octanol–water partition coefficient (Wildman–Crippen LogP) is 6.03. The molecule has 2 atom stereocenters. The van der Waals surface area contributed by atoms with Gasteiger partial charge < -0.3 is 19.8 Å². The van der Waals surface area contributed by atoms with E-state index in [0.29, 0.717) is 12.8 Å². The van der Waals surface area contributed by atoms with Crippen LogP contribution in [0.1, 0.15) is 131 Å². The zero-order valence-electron chi connectivity index (χ0n) is 24.2. The Labute approximate surface area is 262 Å². The zero-order valence-corrected chi connectivity index (χ0v) is 31.6. The topological polar surface area (TPSA) is 80.3 Å². The SMILES string of the molecule is CC(C)CCCCCC(S)C(=O)[O-].CC(C)CCCCCC(S)C(=O)[O-].CCC[CH2][Sn+2][CH2]CCC.[Sn+4]. The van der Waals surface area contributed by atoms with E-state index < -0.39 is 22.4 Å². The summed E-state index contributed by atoms with van der Waals surface area (Å²) >= 11 is 7.96. The van der Waals surface area contributed by atoms with Gasteiger partial charge in [-0.15, -0.1) is 0 Å². The van der Waals surface area contributed by atoms with Gasteiger partial charge >= 0.3 is 93.5 Å². The van der Waals surface area contributed by atoms with Gasteiger partial charge in [0.2, 0.25) is 0 Å². The summed E-state index contributed by atoms with van der Waals surface area (Å²) < 4.78 is 3.25. The molecule has 0 spiro atoms. The third-order valence-corrected chi connectivity index (χ3v) is 10.5. The van der Waals surface area contributed by atoms with Crippen LogP contribution in [0.2, 0.25) is 8.87 Å². The molecule has 0 aliphatic heterocycles. The van der Waals surface area contributed by atoms with E-state index in [4.69, 9.17) is 0 Å². The minimum absolute atomic E-state index is 0. The van der Waals surface area contributed by atoms with Gasteiger partial charge in [-0.1, -0.05) is 79.1 Å². The van der Waals surface area contributed by atoms with Crippen LogP contribution in [-0.4, -0.2) is 67.5 Å². The minimum atomic E-state index is -1.05. The van der Waals surface area contributed by atoms with E-state index in [1.54, 1.807) is 8.87 Å². The molecule has 0 saturated heterocycles. The third kappa shape index (κ3) is 42.3. The molecular formula is C28H56O4S2Sn2+4. The molecule has 0 amide bonds. The van der Waals surface area contributed by atoms with Crippen molar-refractivity contribution in [3.05, 3.63) is 0 Å². The molecule has 208 valence electrons. The van der Waals surface area contributed by atoms with E-state index in [-0.39, 0.29) is 45.0 Å². The Hall–Kier alpha value is 1.24. The Morgan fingerprint density at radius 2 is 0.917 bits per heavy atom. The van der Waals surface area contributed by atoms with Crippen LogP contribution in [-0.2, 0) is 9.59 Å². The van der Waals surface area contributed by atoms with E-state index in [2.05, 4.69) is 66.8 Å². The van der Waals surface area contributed by atoms with E-state index >= 15 is 0 Å². The first-order valence-electron chi connectivity index (χ1n) is 14.0. The number of rotatable bonds is 20. The van der Waals surface area contributed by atoms with Gasteiger partial charge in [-0.05, 0) is 24.7 Å². The minimum Gasteiger partial charge on any atom is 4.00 e. The van der Waals surface area contributed by atoms with Crippen LogP contribution in [0.4, 0.5) is 0 Å². The summed E-state index contributed by atoms with van der Waals surface area (Å²) in [4.78, 5) is 20.6. The van der Waals surface area contributed by atoms with Crippen molar-refractivity contribution in [1.29, 1.82) is 0 Å². The molecule has 0 aromatic heterocycles. The second-order valence-electron chi connectivity index (χ2n) is 10.2. The Bertz CT molecular complexity index is 427. The van der Waals surface area contributed by atoms with E-state index in [1.165, 1.54) is 51.4 Å². The van der Waals surface area contributed by atoms with Crippen LogP contribution in [0.5, 0.6) is 0 Å². The summed E-state index contributed by atoms with van der Waals surface area (Å²) in [6.45, 7) is 13.4. The van der Waals surface area contributed by atoms with Crippen molar-refractivity contribution in [2.24, 2.45) is 11.8 Å². The standard InChI is InChI=1S/2C10H20O2S.2C4H9.2Sn/c2*1-8(2)6-4-3-5-7-9(13)10(11)12;2*1-3-4-2;;/h2*8-9,13H,3-7H2,1-2H3,(H,11,12);2*1,3-4H2,2H3;;/q;;;;+2;+4/p-2. The largest absolute Gasteiger partial charge is 4.00 e. The van der Waals surface area contributed by atoms with Crippen molar-refractivity contribution < 1.29 is 19.8 Å². The fourth-order valence-corrected chi connectivity index (χ4v) is 7.62. The molecule has 0 heterocycles. The van der Waals surface area contributed by atoms with Gasteiger partial charge in [0, 0.05) is 10.5 Å². The number of hydrogen-bond acceptors (Lipinski definition) is 6. The third-order valence-electron chi connectivity index (χ3n) is 5.48. The van der Waals surface area contributed by atoms with Crippen molar-refractivity contribution in [3.8, 4) is 0 Å². The van der Waals surface area contributed by atoms with Crippen molar-refractivity contribution in [3.63, 3.8) is 0 Å². The number of thiol groups is 2. The molecule has 0 radical (unpaired) electrons. The van der Waals surface area contributed by atoms with Crippen molar-refractivity contribution in [2.75, 3.05) is 0 Å². The summed E-state index contributed by atoms with van der Waals surface area (Å²) in [5.74, 6) is -0.611. The molecule has 0 aliphatic carbocycles. The number of aliphatic carboxylic acids is 2. The van der Waals surface area contributed by atoms with Crippen molar-refractivity contribution in [2.45, 2.75) is 151 Å². The van der Waals surface area contributed by atoms with Gasteiger partial charge in [0.15, 0.2) is 0 Å². The molecule has 0 aliphatic rings. The first kappa shape index (κ1) is 44.3. The van der Waals surface area contributed by atoms with Crippen molar-refractivity contribution in [1.82, 2.24) is 0 Å². The first-order valence-corrected chi connectivity index (χ1v) is 19.0. The van der Waals surface area contributed by atoms with Crippen LogP contribution >= 0.6 is 25.3 Å². The number of carboxylic acid groups (broad SMARTS) is 2. The Kier molecular flexibility index (Phi) is 42.1. The van der Waals surface area contributed by atoms with Gasteiger partial charge in [-0.3, -0.25) is 0 Å². The van der Waals surface area contributed by atoms with Crippen LogP contribution in [0.3, 0.4) is 0 Å². The van der Waals surface area contributed by atoms with Crippen molar-refractivity contribution >= 4 is 82.2 Å². The molecular weight excluding hydrogens is 702 g/mol. The van der Waals surface area contributed by atoms with E-state index in [9.17, 15) is 19.8 Å². The summed E-state index contributed by atoms with van der Waals surface area (Å²) in [5, 5.41) is 19.4. The quantitative estimate of drug-likeness (QED) is 0.0904. The molecule has 0 N–H and O–H groups in total. The van der Waals surface area contributed by atoms with Crippen LogP contribution < -0.4 is 10.2 Å². The van der Waals surface area contributed by atoms with Gasteiger partial charge in [-0.2, -0.15) is 25.3 Å². The Morgan fingerprint density at radius 3 is 1.17 bits per heavy atom. The molecule has 0 rings (SSSR count). The normalized spacial score (nSPS) is 11.8. The second kappa shape index (κ2) is 34.3. The van der Waals surface area contributed by atoms with Gasteiger partial charge in [0.25, 0.3) is 0 Å². The number of carbonyl (C=O) groups is 2. The smallest absolute Gasteiger partial charge is 4.00 e. The molecule has 0 bridgehead atoms. The molecule has 0 aromatic rings. The van der Waals surface area contributed by atoms with Gasteiger partial charge in [-0.25, -0.2) is 0 Å². The maximum absolute atomic E-state index is 10.3. The molecule has 36 heavy (non-hydrogen) atoms. The maximum Gasteiger partial charge on any atom is 4.00 e. The number of carboxylic acids is 2. The van der Waals surface area contributed by atoms with Crippen LogP contribution in [0, 0.1) is 11.8 Å². The average molecular weight is 758 g/mol. The fourth-order valence-electron chi connectivity index (χ4n) is 3.10. The van der Waals surface area contributed by atoms with Crippen LogP contribution in [0.25, 0.3) is 0 Å². The Balaban J connectivity index is -0.000000214. The molecule has 4 nitrogen and oxygen atoms in total. The van der Waals surface area contributed by atoms with Gasteiger partial charge in [0.05, 0.1) is 11.9 Å². The molecule has 0 saturated carbocycles. The van der Waals surface area contributed by atoms with E-state index in [0.717, 1.165) is 37.5 Å². The number of unbranched alkanes of at least 4 members (excludes halogenated alkanes) is 6. The average Bonchev–Trinajstić information content (AvgIpc) is 2.78. The maximum atomic E-state index is 10.3. The van der Waals surface area contributed by atoms with Gasteiger partial charge in [0.1, 0.15) is 0 Å². The summed E-state index contributed by atoms with van der Waals surface area (Å²) in [6, 6.07) is 0. The Morgan fingerprint density at radius 1 is 0.611 bits per heavy atom. The zero-order chi connectivity index (χ0) is 27.5. The molecule has 0 aromatic carbocycles. The number of hydrogen-bond donors (Lipinski definition) is 2. The fraction of sp³-hybridized carbons (Fsp3) is 0.929. The van der Waals surface area contributed by atoms with E-state index in [1.807, 2.05) is 0 Å². The molecule has 0 fully saturated rings. The summed E-state index contributed by atoms with van der Waals surface area (Å²) in [5.41, 5.74) is 0. The second-order valence-corrected chi connectivity index (χ2v) is 15.7. The summed E-state index contributed by atoms with van der Waals surface area (Å²) in [7, 11) is 0. The number of carbonyl (C=O) groups excluding carboxylic acids is 2. The monoisotopic (exact) mass is 760 g/mol.